The average molecular weight is 307 g/mol. The standard InChI is InChI=1S/C17H25NO4/c1-17(2,3)22-16(20)18-6-5-13-7-12(10-19)8-14(11-21-4)15(13)9-18/h7-8,19H,5-6,9-11H2,1-4H3. The van der Waals surface area contributed by atoms with Gasteiger partial charge in [-0.25, -0.2) is 4.79 Å². The fraction of sp³-hybridized carbons (Fsp3) is 0.588. The molecule has 0 unspecified atom stereocenters. The third-order valence-corrected chi connectivity index (χ3v) is 3.63. The van der Waals surface area contributed by atoms with Crippen molar-refractivity contribution in [3.05, 3.63) is 34.4 Å². The van der Waals surface area contributed by atoms with Crippen molar-refractivity contribution in [1.29, 1.82) is 0 Å². The van der Waals surface area contributed by atoms with Crippen LogP contribution in [0, 0.1) is 0 Å². The number of carbonyl (C=O) groups is 1. The van der Waals surface area contributed by atoms with E-state index in [1.807, 2.05) is 32.9 Å². The zero-order valence-corrected chi connectivity index (χ0v) is 13.8. The van der Waals surface area contributed by atoms with Crippen molar-refractivity contribution in [2.24, 2.45) is 0 Å². The summed E-state index contributed by atoms with van der Waals surface area (Å²) in [5.41, 5.74) is 3.70. The highest BCUT2D eigenvalue weighted by atomic mass is 16.6. The first-order valence-electron chi connectivity index (χ1n) is 7.55. The molecule has 22 heavy (non-hydrogen) atoms. The van der Waals surface area contributed by atoms with E-state index in [1.165, 1.54) is 5.56 Å². The Bertz CT molecular complexity index is 548. The average Bonchev–Trinajstić information content (AvgIpc) is 2.45. The van der Waals surface area contributed by atoms with Crippen LogP contribution in [0.4, 0.5) is 4.79 Å². The van der Waals surface area contributed by atoms with Gasteiger partial charge in [-0.2, -0.15) is 0 Å². The number of benzene rings is 1. The number of hydrogen-bond acceptors (Lipinski definition) is 4. The molecule has 122 valence electrons. The topological polar surface area (TPSA) is 59.0 Å². The van der Waals surface area contributed by atoms with E-state index in [1.54, 1.807) is 12.0 Å². The minimum Gasteiger partial charge on any atom is -0.444 e. The number of methoxy groups -OCH3 is 1. The van der Waals surface area contributed by atoms with Gasteiger partial charge in [0.15, 0.2) is 0 Å². The highest BCUT2D eigenvalue weighted by molar-refractivity contribution is 5.69. The van der Waals surface area contributed by atoms with Gasteiger partial charge < -0.3 is 19.5 Å². The zero-order chi connectivity index (χ0) is 16.3. The molecular formula is C17H25NO4. The number of aliphatic hydroxyl groups excluding tert-OH is 1. The quantitative estimate of drug-likeness (QED) is 0.932. The molecule has 2 rings (SSSR count). The Morgan fingerprint density at radius 1 is 1.36 bits per heavy atom. The summed E-state index contributed by atoms with van der Waals surface area (Å²) in [6, 6.07) is 3.96. The van der Waals surface area contributed by atoms with Crippen molar-refractivity contribution >= 4 is 6.09 Å². The minimum atomic E-state index is -0.493. The van der Waals surface area contributed by atoms with Gasteiger partial charge in [-0.1, -0.05) is 12.1 Å². The number of fused-ring (bicyclic) bond motifs is 1. The van der Waals surface area contributed by atoms with Crippen LogP contribution in [0.1, 0.15) is 43.0 Å². The number of nitrogens with zero attached hydrogens (tertiary/aromatic N) is 1. The van der Waals surface area contributed by atoms with E-state index in [2.05, 4.69) is 0 Å². The largest absolute Gasteiger partial charge is 0.444 e. The molecule has 1 N–H and O–H groups in total. The second-order valence-corrected chi connectivity index (χ2v) is 6.64. The lowest BCUT2D eigenvalue weighted by molar-refractivity contribution is 0.0222. The van der Waals surface area contributed by atoms with E-state index in [-0.39, 0.29) is 12.7 Å². The fourth-order valence-electron chi connectivity index (χ4n) is 2.68. The van der Waals surface area contributed by atoms with Crippen LogP contribution in [-0.2, 0) is 35.7 Å². The third kappa shape index (κ3) is 3.99. The van der Waals surface area contributed by atoms with E-state index in [0.29, 0.717) is 19.7 Å². The molecule has 0 saturated carbocycles. The molecule has 1 aromatic carbocycles. The molecule has 0 aromatic heterocycles. The lowest BCUT2D eigenvalue weighted by atomic mass is 9.93. The number of ether oxygens (including phenoxy) is 2. The summed E-state index contributed by atoms with van der Waals surface area (Å²) in [7, 11) is 1.65. The summed E-state index contributed by atoms with van der Waals surface area (Å²) < 4.78 is 10.7. The lowest BCUT2D eigenvalue weighted by Gasteiger charge is -2.32. The highest BCUT2D eigenvalue weighted by Gasteiger charge is 2.27. The van der Waals surface area contributed by atoms with Crippen molar-refractivity contribution in [3.8, 4) is 0 Å². The van der Waals surface area contributed by atoms with Crippen LogP contribution in [0.15, 0.2) is 12.1 Å². The number of rotatable bonds is 3. The molecule has 0 aliphatic carbocycles. The number of carbonyl (C=O) groups excluding carboxylic acids is 1. The summed E-state index contributed by atoms with van der Waals surface area (Å²) in [5, 5.41) is 9.37. The van der Waals surface area contributed by atoms with Crippen LogP contribution in [0.2, 0.25) is 0 Å². The van der Waals surface area contributed by atoms with E-state index < -0.39 is 5.60 Å². The molecular weight excluding hydrogens is 282 g/mol. The van der Waals surface area contributed by atoms with Gasteiger partial charge in [0.05, 0.1) is 13.2 Å². The number of aliphatic hydroxyl groups is 1. The smallest absolute Gasteiger partial charge is 0.410 e. The van der Waals surface area contributed by atoms with E-state index in [0.717, 1.165) is 23.1 Å². The first-order valence-corrected chi connectivity index (χ1v) is 7.55. The first kappa shape index (κ1) is 16.8. The predicted molar refractivity (Wildman–Crippen MR) is 83.4 cm³/mol. The van der Waals surface area contributed by atoms with Gasteiger partial charge in [-0.15, -0.1) is 0 Å². The first-order chi connectivity index (χ1) is 10.3. The monoisotopic (exact) mass is 307 g/mol. The van der Waals surface area contributed by atoms with Crippen LogP contribution in [-0.4, -0.2) is 35.4 Å². The lowest BCUT2D eigenvalue weighted by Crippen LogP contribution is -2.40. The molecule has 1 aliphatic heterocycles. The van der Waals surface area contributed by atoms with Crippen LogP contribution in [0.3, 0.4) is 0 Å². The Hall–Kier alpha value is -1.59. The Kier molecular flexibility index (Phi) is 5.08. The SMILES string of the molecule is COCc1cc(CO)cc2c1CN(C(=O)OC(C)(C)C)CC2. The van der Waals surface area contributed by atoms with Gasteiger partial charge in [0.25, 0.3) is 0 Å². The second-order valence-electron chi connectivity index (χ2n) is 6.64. The van der Waals surface area contributed by atoms with Crippen LogP contribution >= 0.6 is 0 Å². The van der Waals surface area contributed by atoms with Crippen molar-refractivity contribution in [1.82, 2.24) is 4.90 Å². The fourth-order valence-corrected chi connectivity index (χ4v) is 2.68. The maximum absolute atomic E-state index is 12.2. The molecule has 1 amide bonds. The van der Waals surface area contributed by atoms with Crippen molar-refractivity contribution < 1.29 is 19.4 Å². The summed E-state index contributed by atoms with van der Waals surface area (Å²) in [4.78, 5) is 14.0. The molecule has 5 nitrogen and oxygen atoms in total. The molecule has 0 fully saturated rings. The molecule has 5 heteroatoms. The Balaban J connectivity index is 2.23. The van der Waals surface area contributed by atoms with Crippen molar-refractivity contribution in [2.75, 3.05) is 13.7 Å². The molecule has 0 bridgehead atoms. The molecule has 1 aliphatic rings. The molecule has 1 aromatic rings. The molecule has 0 spiro atoms. The molecule has 0 saturated heterocycles. The van der Waals surface area contributed by atoms with Gasteiger partial charge in [-0.05, 0) is 49.4 Å². The molecule has 0 atom stereocenters. The minimum absolute atomic E-state index is 0.0137. The van der Waals surface area contributed by atoms with E-state index in [9.17, 15) is 9.90 Å². The predicted octanol–water partition coefficient (Wildman–Crippen LogP) is 2.62. The van der Waals surface area contributed by atoms with E-state index >= 15 is 0 Å². The summed E-state index contributed by atoms with van der Waals surface area (Å²) >= 11 is 0. The van der Waals surface area contributed by atoms with Crippen molar-refractivity contribution in [3.63, 3.8) is 0 Å². The van der Waals surface area contributed by atoms with Gasteiger partial charge >= 0.3 is 6.09 Å². The van der Waals surface area contributed by atoms with Gasteiger partial charge in [0.1, 0.15) is 5.60 Å². The van der Waals surface area contributed by atoms with Crippen LogP contribution in [0.25, 0.3) is 0 Å². The Labute approximate surface area is 131 Å². The maximum Gasteiger partial charge on any atom is 0.410 e. The van der Waals surface area contributed by atoms with Crippen LogP contribution in [0.5, 0.6) is 0 Å². The highest BCUT2D eigenvalue weighted by Crippen LogP contribution is 2.26. The zero-order valence-electron chi connectivity index (χ0n) is 13.8. The molecule has 0 radical (unpaired) electrons. The Morgan fingerprint density at radius 2 is 2.09 bits per heavy atom. The van der Waals surface area contributed by atoms with Crippen LogP contribution < -0.4 is 0 Å². The van der Waals surface area contributed by atoms with Crippen molar-refractivity contribution in [2.45, 2.75) is 52.6 Å². The van der Waals surface area contributed by atoms with Gasteiger partial charge in [-0.3, -0.25) is 0 Å². The number of hydrogen-bond donors (Lipinski definition) is 1. The second kappa shape index (κ2) is 6.67. The van der Waals surface area contributed by atoms with E-state index in [4.69, 9.17) is 9.47 Å². The summed E-state index contributed by atoms with van der Waals surface area (Å²) in [6.07, 6.45) is 0.479. The Morgan fingerprint density at radius 3 is 2.68 bits per heavy atom. The van der Waals surface area contributed by atoms with Gasteiger partial charge in [0.2, 0.25) is 0 Å². The maximum atomic E-state index is 12.2. The summed E-state index contributed by atoms with van der Waals surface area (Å²) in [6.45, 7) is 7.24. The number of amides is 1. The van der Waals surface area contributed by atoms with Gasteiger partial charge in [0, 0.05) is 20.2 Å². The normalized spacial score (nSPS) is 14.7. The molecule has 1 heterocycles. The third-order valence-electron chi connectivity index (χ3n) is 3.63. The summed E-state index contributed by atoms with van der Waals surface area (Å²) in [5.74, 6) is 0.